The number of para-hydroxylation sites is 1. The van der Waals surface area contributed by atoms with Crippen LogP contribution in [-0.2, 0) is 0 Å². The van der Waals surface area contributed by atoms with E-state index in [0.29, 0.717) is 5.75 Å². The van der Waals surface area contributed by atoms with Crippen LogP contribution < -0.4 is 10.1 Å². The lowest BCUT2D eigenvalue weighted by molar-refractivity contribution is -0.0507. The number of benzene rings is 1. The maximum atomic E-state index is 12.5. The van der Waals surface area contributed by atoms with Gasteiger partial charge >= 0.3 is 6.61 Å². The highest BCUT2D eigenvalue weighted by Gasteiger charge is 2.24. The summed E-state index contributed by atoms with van der Waals surface area (Å²) in [6.45, 7) is 0.219. The van der Waals surface area contributed by atoms with Crippen LogP contribution in [0.4, 0.5) is 8.78 Å². The van der Waals surface area contributed by atoms with E-state index < -0.39 is 6.61 Å². The second kappa shape index (κ2) is 7.58. The first-order valence-electron chi connectivity index (χ1n) is 7.47. The Morgan fingerprint density at radius 2 is 2.05 bits per heavy atom. The molecule has 1 N–H and O–H groups in total. The zero-order valence-electron chi connectivity index (χ0n) is 11.9. The van der Waals surface area contributed by atoms with E-state index in [0.717, 1.165) is 37.3 Å². The number of alkyl halides is 2. The molecule has 1 aliphatic rings. The van der Waals surface area contributed by atoms with E-state index in [4.69, 9.17) is 0 Å². The van der Waals surface area contributed by atoms with Crippen molar-refractivity contribution in [2.24, 2.45) is 5.92 Å². The summed E-state index contributed by atoms with van der Waals surface area (Å²) in [6, 6.07) is 7.23. The van der Waals surface area contributed by atoms with Crippen molar-refractivity contribution in [3.8, 4) is 5.75 Å². The molecule has 1 saturated carbocycles. The van der Waals surface area contributed by atoms with Crippen molar-refractivity contribution >= 4 is 0 Å². The Bertz CT molecular complexity index is 407. The zero-order chi connectivity index (χ0) is 14.4. The van der Waals surface area contributed by atoms with Gasteiger partial charge in [-0.1, -0.05) is 38.0 Å². The molecule has 1 fully saturated rings. The normalized spacial score (nSPS) is 16.4. The molecule has 1 unspecified atom stereocenters. The van der Waals surface area contributed by atoms with Crippen LogP contribution in [0.3, 0.4) is 0 Å². The fraction of sp³-hybridized carbons (Fsp3) is 0.625. The molecular weight excluding hydrogens is 260 g/mol. The van der Waals surface area contributed by atoms with Gasteiger partial charge in [0.25, 0.3) is 0 Å². The molecule has 20 heavy (non-hydrogen) atoms. The minimum atomic E-state index is -2.77. The van der Waals surface area contributed by atoms with E-state index in [1.165, 1.54) is 12.8 Å². The highest BCUT2D eigenvalue weighted by atomic mass is 19.3. The zero-order valence-corrected chi connectivity index (χ0v) is 11.9. The van der Waals surface area contributed by atoms with Crippen LogP contribution in [0, 0.1) is 5.92 Å². The molecule has 1 atom stereocenters. The third-order valence-corrected chi connectivity index (χ3v) is 3.71. The second-order valence-electron chi connectivity index (χ2n) is 5.44. The monoisotopic (exact) mass is 283 g/mol. The molecule has 0 saturated heterocycles. The average molecular weight is 283 g/mol. The Hall–Kier alpha value is -1.16. The Morgan fingerprint density at radius 3 is 2.70 bits per heavy atom. The fourth-order valence-electron chi connectivity index (χ4n) is 2.47. The SMILES string of the molecule is CCCNC(CCC1CC1)c1ccccc1OC(F)F. The van der Waals surface area contributed by atoms with Gasteiger partial charge < -0.3 is 10.1 Å². The summed E-state index contributed by atoms with van der Waals surface area (Å²) >= 11 is 0. The van der Waals surface area contributed by atoms with Crippen LogP contribution in [0.15, 0.2) is 24.3 Å². The van der Waals surface area contributed by atoms with Gasteiger partial charge in [-0.05, 0) is 37.8 Å². The summed E-state index contributed by atoms with van der Waals surface area (Å²) in [5.74, 6) is 1.14. The van der Waals surface area contributed by atoms with Crippen LogP contribution in [-0.4, -0.2) is 13.2 Å². The number of ether oxygens (including phenoxy) is 1. The molecule has 0 heterocycles. The van der Waals surface area contributed by atoms with Crippen molar-refractivity contribution < 1.29 is 13.5 Å². The van der Waals surface area contributed by atoms with Crippen LogP contribution in [0.5, 0.6) is 5.75 Å². The molecule has 2 rings (SSSR count). The maximum Gasteiger partial charge on any atom is 0.387 e. The standard InChI is InChI=1S/C16H23F2NO/c1-2-11-19-14(10-9-12-7-8-12)13-5-3-4-6-15(13)20-16(17)18/h3-6,12,14,16,19H,2,7-11H2,1H3. The number of hydrogen-bond donors (Lipinski definition) is 1. The Balaban J connectivity index is 2.07. The molecular formula is C16H23F2NO. The molecule has 0 bridgehead atoms. The van der Waals surface area contributed by atoms with Crippen molar-refractivity contribution in [3.05, 3.63) is 29.8 Å². The minimum Gasteiger partial charge on any atom is -0.434 e. The van der Waals surface area contributed by atoms with E-state index >= 15 is 0 Å². The lowest BCUT2D eigenvalue weighted by Gasteiger charge is -2.21. The summed E-state index contributed by atoms with van der Waals surface area (Å²) in [7, 11) is 0. The van der Waals surface area contributed by atoms with Crippen molar-refractivity contribution in [1.82, 2.24) is 5.32 Å². The summed E-state index contributed by atoms with van der Waals surface area (Å²) in [5, 5.41) is 3.46. The predicted molar refractivity (Wildman–Crippen MR) is 76.1 cm³/mol. The molecule has 0 aromatic heterocycles. The number of rotatable bonds is 9. The van der Waals surface area contributed by atoms with E-state index in [9.17, 15) is 8.78 Å². The Morgan fingerprint density at radius 1 is 1.30 bits per heavy atom. The molecule has 0 radical (unpaired) electrons. The summed E-state index contributed by atoms with van der Waals surface area (Å²) in [4.78, 5) is 0. The van der Waals surface area contributed by atoms with Crippen LogP contribution >= 0.6 is 0 Å². The van der Waals surface area contributed by atoms with E-state index in [-0.39, 0.29) is 6.04 Å². The minimum absolute atomic E-state index is 0.102. The number of hydrogen-bond acceptors (Lipinski definition) is 2. The van der Waals surface area contributed by atoms with E-state index in [1.54, 1.807) is 12.1 Å². The van der Waals surface area contributed by atoms with E-state index in [2.05, 4.69) is 17.0 Å². The van der Waals surface area contributed by atoms with Gasteiger partial charge in [-0.25, -0.2) is 0 Å². The number of halogens is 2. The molecule has 1 aliphatic carbocycles. The summed E-state index contributed by atoms with van der Waals surface area (Å²) in [5.41, 5.74) is 0.849. The van der Waals surface area contributed by atoms with Gasteiger partial charge in [0.15, 0.2) is 0 Å². The van der Waals surface area contributed by atoms with Gasteiger partial charge in [0.2, 0.25) is 0 Å². The predicted octanol–water partition coefficient (Wildman–Crippen LogP) is 4.52. The summed E-state index contributed by atoms with van der Waals surface area (Å²) in [6.07, 6.45) is 5.79. The van der Waals surface area contributed by atoms with Gasteiger partial charge in [-0.15, -0.1) is 0 Å². The topological polar surface area (TPSA) is 21.3 Å². The largest absolute Gasteiger partial charge is 0.434 e. The molecule has 1 aromatic carbocycles. The Kier molecular flexibility index (Phi) is 5.77. The highest BCUT2D eigenvalue weighted by molar-refractivity contribution is 5.36. The highest BCUT2D eigenvalue weighted by Crippen LogP contribution is 2.37. The molecule has 0 spiro atoms. The van der Waals surface area contributed by atoms with Crippen LogP contribution in [0.2, 0.25) is 0 Å². The van der Waals surface area contributed by atoms with Crippen LogP contribution in [0.25, 0.3) is 0 Å². The van der Waals surface area contributed by atoms with Crippen LogP contribution in [0.1, 0.15) is 50.6 Å². The lowest BCUT2D eigenvalue weighted by Crippen LogP contribution is -2.23. The first-order chi connectivity index (χ1) is 9.70. The smallest absolute Gasteiger partial charge is 0.387 e. The van der Waals surface area contributed by atoms with Gasteiger partial charge in [0, 0.05) is 11.6 Å². The molecule has 0 amide bonds. The van der Waals surface area contributed by atoms with Crippen molar-refractivity contribution in [2.75, 3.05) is 6.54 Å². The van der Waals surface area contributed by atoms with Crippen molar-refractivity contribution in [2.45, 2.75) is 51.7 Å². The van der Waals surface area contributed by atoms with Crippen molar-refractivity contribution in [1.29, 1.82) is 0 Å². The quantitative estimate of drug-likeness (QED) is 0.719. The first-order valence-corrected chi connectivity index (χ1v) is 7.47. The molecule has 4 heteroatoms. The first kappa shape index (κ1) is 15.2. The summed E-state index contributed by atoms with van der Waals surface area (Å²) < 4.78 is 29.7. The lowest BCUT2D eigenvalue weighted by atomic mass is 9.99. The van der Waals surface area contributed by atoms with E-state index in [1.807, 2.05) is 12.1 Å². The second-order valence-corrected chi connectivity index (χ2v) is 5.44. The molecule has 1 aromatic rings. The van der Waals surface area contributed by atoms with Gasteiger partial charge in [-0.3, -0.25) is 0 Å². The number of nitrogens with one attached hydrogen (secondary N) is 1. The average Bonchev–Trinajstić information content (AvgIpc) is 3.23. The van der Waals surface area contributed by atoms with Gasteiger partial charge in [0.1, 0.15) is 5.75 Å². The van der Waals surface area contributed by atoms with Gasteiger partial charge in [-0.2, -0.15) is 8.78 Å². The molecule has 2 nitrogen and oxygen atoms in total. The third-order valence-electron chi connectivity index (χ3n) is 3.71. The fourth-order valence-corrected chi connectivity index (χ4v) is 2.47. The Labute approximate surface area is 119 Å². The van der Waals surface area contributed by atoms with Crippen molar-refractivity contribution in [3.63, 3.8) is 0 Å². The maximum absolute atomic E-state index is 12.5. The molecule has 0 aliphatic heterocycles. The third kappa shape index (κ3) is 4.75. The molecule has 112 valence electrons. The van der Waals surface area contributed by atoms with Gasteiger partial charge in [0.05, 0.1) is 0 Å².